The second-order valence-electron chi connectivity index (χ2n) is 22.0. The van der Waals surface area contributed by atoms with Crippen LogP contribution in [-0.2, 0) is 0 Å². The number of nitrogens with zero attached hydrogens (tertiary/aromatic N) is 4. The molecule has 13 aromatic carbocycles. The number of rotatable bonds is 8. The van der Waals surface area contributed by atoms with Crippen LogP contribution in [0.1, 0.15) is 0 Å². The van der Waals surface area contributed by atoms with Gasteiger partial charge in [-0.2, -0.15) is 0 Å². The molecular weight excluding hydrogens is 1000 g/mol. The molecule has 0 saturated carbocycles. The first-order valence-corrected chi connectivity index (χ1v) is 28.7. The molecule has 0 fully saturated rings. The molecule has 0 radical (unpaired) electrons. The zero-order chi connectivity index (χ0) is 54.5. The lowest BCUT2D eigenvalue weighted by Gasteiger charge is -2.45. The largest absolute Gasteiger partial charge is 0.311 e. The van der Waals surface area contributed by atoms with Crippen molar-refractivity contribution < 1.29 is 0 Å². The van der Waals surface area contributed by atoms with Crippen LogP contribution in [0.5, 0.6) is 0 Å². The molecule has 0 N–H and O–H groups in total. The van der Waals surface area contributed by atoms with Gasteiger partial charge in [0.15, 0.2) is 0 Å². The summed E-state index contributed by atoms with van der Waals surface area (Å²) < 4.78 is 4.83. The molecule has 0 bridgehead atoms. The number of hydrogen-bond acceptors (Lipinski definition) is 2. The van der Waals surface area contributed by atoms with Gasteiger partial charge < -0.3 is 18.9 Å². The van der Waals surface area contributed by atoms with Gasteiger partial charge in [0.05, 0.1) is 33.4 Å². The summed E-state index contributed by atoms with van der Waals surface area (Å²) in [5.41, 5.74) is 27.2. The maximum Gasteiger partial charge on any atom is 0.252 e. The Morgan fingerprint density at radius 2 is 0.614 bits per heavy atom. The van der Waals surface area contributed by atoms with Gasteiger partial charge >= 0.3 is 0 Å². The molecule has 5 heteroatoms. The van der Waals surface area contributed by atoms with Crippen molar-refractivity contribution in [2.24, 2.45) is 0 Å². The standard InChI is InChI=1S/C78H51BN4/c1-4-21-54(22-5-1)60-27-10-15-32-68(60)82-74-37-20-38-75-78(74)79(66-46-43-57(50-76(66)82)53-41-39-52(40-42-53)56-44-48-73-65(49-56)64-31-14-19-36-72(64)80(73)58-25-8-3-9-26-58)67-47-45-59(81-70-34-17-12-29-62(70)63-30-13-18-35-71(63)81)51-77(67)83(75)69-33-16-11-28-61(69)55-23-6-2-7-24-55/h1-51H. The lowest BCUT2D eigenvalue weighted by atomic mass is 9.33. The summed E-state index contributed by atoms with van der Waals surface area (Å²) in [5, 5.41) is 4.99. The summed E-state index contributed by atoms with van der Waals surface area (Å²) in [6, 6.07) is 114. The Balaban J connectivity index is 0.864. The van der Waals surface area contributed by atoms with E-state index >= 15 is 0 Å². The highest BCUT2D eigenvalue weighted by Crippen LogP contribution is 2.49. The van der Waals surface area contributed by atoms with Crippen LogP contribution in [0.2, 0.25) is 0 Å². The van der Waals surface area contributed by atoms with Gasteiger partial charge in [0, 0.05) is 66.8 Å². The van der Waals surface area contributed by atoms with Gasteiger partial charge in [-0.3, -0.25) is 0 Å². The van der Waals surface area contributed by atoms with Crippen LogP contribution in [0, 0.1) is 0 Å². The van der Waals surface area contributed by atoms with Gasteiger partial charge in [-0.15, -0.1) is 0 Å². The third-order valence-electron chi connectivity index (χ3n) is 17.5. The predicted molar refractivity (Wildman–Crippen MR) is 351 cm³/mol. The van der Waals surface area contributed by atoms with Crippen molar-refractivity contribution in [1.29, 1.82) is 0 Å². The molecule has 0 atom stereocenters. The van der Waals surface area contributed by atoms with E-state index in [1.165, 1.54) is 105 Å². The molecule has 15 aromatic rings. The first kappa shape index (κ1) is 47.0. The van der Waals surface area contributed by atoms with Crippen molar-refractivity contribution in [1.82, 2.24) is 9.13 Å². The third-order valence-corrected chi connectivity index (χ3v) is 17.5. The average Bonchev–Trinajstić information content (AvgIpc) is 1.88. The van der Waals surface area contributed by atoms with Crippen molar-refractivity contribution >= 4 is 101 Å². The smallest absolute Gasteiger partial charge is 0.252 e. The summed E-state index contributed by atoms with van der Waals surface area (Å²) in [6.45, 7) is -0.0853. The van der Waals surface area contributed by atoms with E-state index in [-0.39, 0.29) is 6.71 Å². The summed E-state index contributed by atoms with van der Waals surface area (Å²) in [7, 11) is 0. The number of aromatic nitrogens is 2. The summed E-state index contributed by atoms with van der Waals surface area (Å²) in [5.74, 6) is 0. The van der Waals surface area contributed by atoms with E-state index < -0.39 is 0 Å². The molecule has 0 saturated heterocycles. The van der Waals surface area contributed by atoms with E-state index in [0.717, 1.165) is 45.3 Å². The summed E-state index contributed by atoms with van der Waals surface area (Å²) in [6.07, 6.45) is 0. The van der Waals surface area contributed by atoms with Crippen molar-refractivity contribution in [3.8, 4) is 55.9 Å². The highest BCUT2D eigenvalue weighted by Gasteiger charge is 2.44. The third kappa shape index (κ3) is 7.34. The van der Waals surface area contributed by atoms with Crippen molar-refractivity contribution in [3.05, 3.63) is 309 Å². The van der Waals surface area contributed by atoms with E-state index in [4.69, 9.17) is 0 Å². The molecule has 4 heterocycles. The minimum Gasteiger partial charge on any atom is -0.311 e. The zero-order valence-corrected chi connectivity index (χ0v) is 45.3. The number of para-hydroxylation sites is 6. The van der Waals surface area contributed by atoms with Crippen LogP contribution in [0.4, 0.5) is 34.1 Å². The number of anilines is 6. The zero-order valence-electron chi connectivity index (χ0n) is 45.3. The van der Waals surface area contributed by atoms with E-state index in [9.17, 15) is 0 Å². The van der Waals surface area contributed by atoms with E-state index in [2.05, 4.69) is 328 Å². The Morgan fingerprint density at radius 1 is 0.217 bits per heavy atom. The van der Waals surface area contributed by atoms with E-state index in [1.807, 2.05) is 0 Å². The average molecular weight is 1060 g/mol. The fraction of sp³-hybridized carbons (Fsp3) is 0. The van der Waals surface area contributed by atoms with Gasteiger partial charge in [-0.25, -0.2) is 0 Å². The quantitative estimate of drug-likeness (QED) is 0.141. The highest BCUT2D eigenvalue weighted by molar-refractivity contribution is 7.00. The molecule has 0 unspecified atom stereocenters. The minimum absolute atomic E-state index is 0.0853. The lowest BCUT2D eigenvalue weighted by molar-refractivity contribution is 1.17. The van der Waals surface area contributed by atoms with Crippen LogP contribution >= 0.6 is 0 Å². The maximum atomic E-state index is 2.56. The van der Waals surface area contributed by atoms with Crippen LogP contribution in [0.3, 0.4) is 0 Å². The Bertz CT molecular complexity index is 4990. The molecule has 4 nitrogen and oxygen atoms in total. The van der Waals surface area contributed by atoms with Gasteiger partial charge in [0.2, 0.25) is 0 Å². The highest BCUT2D eigenvalue weighted by atomic mass is 15.2. The fourth-order valence-electron chi connectivity index (χ4n) is 13.9. The number of benzene rings is 13. The molecule has 2 aliphatic heterocycles. The molecule has 2 aliphatic rings. The first-order valence-electron chi connectivity index (χ1n) is 28.7. The molecule has 0 aliphatic carbocycles. The first-order chi connectivity index (χ1) is 41.2. The van der Waals surface area contributed by atoms with Crippen molar-refractivity contribution in [2.45, 2.75) is 0 Å². The number of hydrogen-bond donors (Lipinski definition) is 0. The Kier molecular flexibility index (Phi) is 10.7. The van der Waals surface area contributed by atoms with E-state index in [0.29, 0.717) is 0 Å². The van der Waals surface area contributed by atoms with Gasteiger partial charge in [0.1, 0.15) is 0 Å². The van der Waals surface area contributed by atoms with Crippen LogP contribution in [-0.4, -0.2) is 15.8 Å². The topological polar surface area (TPSA) is 16.3 Å². The molecule has 0 amide bonds. The monoisotopic (exact) mass is 1050 g/mol. The van der Waals surface area contributed by atoms with Crippen molar-refractivity contribution in [2.75, 3.05) is 9.80 Å². The van der Waals surface area contributed by atoms with Crippen molar-refractivity contribution in [3.63, 3.8) is 0 Å². The minimum atomic E-state index is -0.0853. The maximum absolute atomic E-state index is 2.56. The van der Waals surface area contributed by atoms with Gasteiger partial charge in [-0.1, -0.05) is 224 Å². The normalized spacial score (nSPS) is 12.5. The van der Waals surface area contributed by atoms with Crippen LogP contribution in [0.15, 0.2) is 309 Å². The molecule has 83 heavy (non-hydrogen) atoms. The second kappa shape index (κ2) is 18.9. The Hall–Kier alpha value is -10.9. The lowest BCUT2D eigenvalue weighted by Crippen LogP contribution is -2.61. The molecular formula is C78H51BN4. The van der Waals surface area contributed by atoms with Crippen LogP contribution < -0.4 is 26.2 Å². The van der Waals surface area contributed by atoms with E-state index in [1.54, 1.807) is 0 Å². The Labute approximate surface area is 482 Å². The predicted octanol–water partition coefficient (Wildman–Crippen LogP) is 18.6. The molecule has 0 spiro atoms. The second-order valence-corrected chi connectivity index (χ2v) is 22.0. The Morgan fingerprint density at radius 3 is 1.18 bits per heavy atom. The fourth-order valence-corrected chi connectivity index (χ4v) is 13.9. The number of fused-ring (bicyclic) bond motifs is 10. The van der Waals surface area contributed by atoms with Gasteiger partial charge in [0.25, 0.3) is 6.71 Å². The SMILES string of the molecule is c1ccc(-c2ccccc2N2c3cc(-c4ccc(-c5ccc6c(c5)c5ccccc5n6-c5ccccc5)cc4)ccc3B3c4ccc(-n5c6ccccc6c6ccccc65)cc4N(c4ccccc4-c4ccccc4)c4cccc2c43)cc1. The van der Waals surface area contributed by atoms with Gasteiger partial charge in [-0.05, 0) is 135 Å². The molecule has 17 rings (SSSR count). The summed E-state index contributed by atoms with van der Waals surface area (Å²) >= 11 is 0. The molecule has 2 aromatic heterocycles. The summed E-state index contributed by atoms with van der Waals surface area (Å²) in [4.78, 5) is 5.12. The molecule has 386 valence electrons. The van der Waals surface area contributed by atoms with Crippen LogP contribution in [0.25, 0.3) is 99.5 Å².